The molecule has 1 atom stereocenters. The van der Waals surface area contributed by atoms with E-state index in [-0.39, 0.29) is 6.16 Å². The van der Waals surface area contributed by atoms with Gasteiger partial charge >= 0.3 is 5.92 Å². The highest BCUT2D eigenvalue weighted by atomic mass is 31.1. The van der Waals surface area contributed by atoms with Gasteiger partial charge in [0.2, 0.25) is 0 Å². The van der Waals surface area contributed by atoms with Crippen molar-refractivity contribution in [3.63, 3.8) is 0 Å². The first-order chi connectivity index (χ1) is 4.34. The molecule has 1 heterocycles. The topological polar surface area (TPSA) is 0 Å². The lowest BCUT2D eigenvalue weighted by Gasteiger charge is -2.37. The van der Waals surface area contributed by atoms with Gasteiger partial charge in [0.05, 0.1) is 7.92 Å². The van der Waals surface area contributed by atoms with E-state index < -0.39 is 25.9 Å². The quantitative estimate of drug-likeness (QED) is 0.395. The molecule has 60 valence electrons. The molecule has 0 nitrogen and oxygen atoms in total. The fourth-order valence-electron chi connectivity index (χ4n) is 0.705. The molecule has 1 rings (SSSR count). The maximum Gasteiger partial charge on any atom is 0.410 e. The summed E-state index contributed by atoms with van der Waals surface area (Å²) in [7, 11) is -3.02. The van der Waals surface area contributed by atoms with Gasteiger partial charge in [-0.15, -0.1) is 0 Å². The Morgan fingerprint density at radius 1 is 1.20 bits per heavy atom. The second-order valence-electron chi connectivity index (χ2n) is 2.04. The first-order valence-corrected chi connectivity index (χ1v) is 4.09. The second kappa shape index (κ2) is 2.03. The number of hydrogen-bond donors (Lipinski definition) is 0. The Morgan fingerprint density at radius 3 is 1.70 bits per heavy atom. The van der Waals surface area contributed by atoms with E-state index in [4.69, 9.17) is 0 Å². The predicted octanol–water partition coefficient (Wildman–Crippen LogP) is 2.98. The van der Waals surface area contributed by atoms with Crippen LogP contribution in [0.25, 0.3) is 0 Å². The van der Waals surface area contributed by atoms with Gasteiger partial charge in [0.25, 0.3) is 5.66 Å². The van der Waals surface area contributed by atoms with Gasteiger partial charge in [-0.3, -0.25) is 0 Å². The molecule has 0 N–H and O–H groups in total. The summed E-state index contributed by atoms with van der Waals surface area (Å²) in [4.78, 5) is 0. The van der Waals surface area contributed by atoms with Crippen molar-refractivity contribution < 1.29 is 22.0 Å². The Labute approximate surface area is 55.2 Å². The van der Waals surface area contributed by atoms with E-state index in [9.17, 15) is 22.0 Å². The number of rotatable bonds is 0. The van der Waals surface area contributed by atoms with E-state index >= 15 is 0 Å². The van der Waals surface area contributed by atoms with Crippen LogP contribution < -0.4 is 0 Å². The maximum atomic E-state index is 12.0. The Kier molecular flexibility index (Phi) is 1.66. The van der Waals surface area contributed by atoms with Crippen molar-refractivity contribution in [2.24, 2.45) is 0 Å². The van der Waals surface area contributed by atoms with Gasteiger partial charge in [-0.05, 0) is 6.16 Å². The molecule has 0 radical (unpaired) electrons. The van der Waals surface area contributed by atoms with Gasteiger partial charge in [-0.25, -0.2) is 8.78 Å². The molecular weight excluding hydrogens is 174 g/mol. The van der Waals surface area contributed by atoms with Crippen molar-refractivity contribution in [2.75, 3.05) is 6.16 Å². The fourth-order valence-corrected chi connectivity index (χ4v) is 2.11. The number of hydrogen-bond acceptors (Lipinski definition) is 0. The molecule has 1 aliphatic heterocycles. The highest BCUT2D eigenvalue weighted by molar-refractivity contribution is 7.61. The SMILES string of the molecule is FC(F)(F)P1CCC1(F)F. The van der Waals surface area contributed by atoms with Crippen LogP contribution in [0.4, 0.5) is 22.0 Å². The molecule has 0 bridgehead atoms. The molecule has 1 fully saturated rings. The normalized spacial score (nSPS) is 31.5. The van der Waals surface area contributed by atoms with E-state index in [1.54, 1.807) is 0 Å². The molecule has 1 aliphatic rings. The molecule has 0 saturated carbocycles. The van der Waals surface area contributed by atoms with Crippen molar-refractivity contribution in [3.05, 3.63) is 0 Å². The highest BCUT2D eigenvalue weighted by Crippen LogP contribution is 2.72. The minimum Gasteiger partial charge on any atom is -0.202 e. The van der Waals surface area contributed by atoms with Crippen molar-refractivity contribution in [1.29, 1.82) is 0 Å². The Morgan fingerprint density at radius 2 is 1.70 bits per heavy atom. The summed E-state index contributed by atoms with van der Waals surface area (Å²) in [6.45, 7) is 0. The van der Waals surface area contributed by atoms with Crippen LogP contribution in [0, 0.1) is 0 Å². The second-order valence-corrected chi connectivity index (χ2v) is 4.50. The number of alkyl halides is 5. The molecule has 0 aromatic carbocycles. The zero-order valence-corrected chi connectivity index (χ0v) is 5.65. The van der Waals surface area contributed by atoms with Crippen LogP contribution >= 0.6 is 7.92 Å². The van der Waals surface area contributed by atoms with Gasteiger partial charge < -0.3 is 0 Å². The molecule has 6 heteroatoms. The Bertz CT molecular complexity index is 129. The summed E-state index contributed by atoms with van der Waals surface area (Å²) in [5.41, 5.74) is -3.44. The molecule has 0 spiro atoms. The molecule has 1 saturated heterocycles. The van der Waals surface area contributed by atoms with Crippen molar-refractivity contribution in [1.82, 2.24) is 0 Å². The third-order valence-corrected chi connectivity index (χ3v) is 3.63. The summed E-state index contributed by atoms with van der Waals surface area (Å²) in [6, 6.07) is 0. The van der Waals surface area contributed by atoms with E-state index in [1.807, 2.05) is 0 Å². The molecular formula is C4H4F5P. The maximum absolute atomic E-state index is 12.0. The van der Waals surface area contributed by atoms with Crippen molar-refractivity contribution in [2.45, 2.75) is 18.0 Å². The monoisotopic (exact) mass is 178 g/mol. The standard InChI is InChI=1S/C4H4F5P/c5-3(6)1-2-10(3)4(7,8)9/h1-2H2. The molecule has 0 amide bonds. The largest absolute Gasteiger partial charge is 0.410 e. The third-order valence-electron chi connectivity index (χ3n) is 1.34. The summed E-state index contributed by atoms with van der Waals surface area (Å²) in [6.07, 6.45) is -0.968. The smallest absolute Gasteiger partial charge is 0.202 e. The van der Waals surface area contributed by atoms with E-state index in [2.05, 4.69) is 0 Å². The fraction of sp³-hybridized carbons (Fsp3) is 1.00. The zero-order chi connectivity index (χ0) is 7.99. The van der Waals surface area contributed by atoms with Crippen LogP contribution in [0.1, 0.15) is 6.42 Å². The first-order valence-electron chi connectivity index (χ1n) is 2.56. The predicted molar refractivity (Wildman–Crippen MR) is 27.4 cm³/mol. The lowest BCUT2D eigenvalue weighted by Crippen LogP contribution is -2.34. The molecule has 10 heavy (non-hydrogen) atoms. The van der Waals surface area contributed by atoms with Crippen LogP contribution in [-0.2, 0) is 0 Å². The average Bonchev–Trinajstić information content (AvgIpc) is 1.58. The van der Waals surface area contributed by atoms with E-state index in [0.717, 1.165) is 0 Å². The third kappa shape index (κ3) is 1.24. The zero-order valence-electron chi connectivity index (χ0n) is 4.75. The van der Waals surface area contributed by atoms with Gasteiger partial charge in [-0.2, -0.15) is 13.2 Å². The van der Waals surface area contributed by atoms with Crippen LogP contribution in [0.15, 0.2) is 0 Å². The van der Waals surface area contributed by atoms with Crippen molar-refractivity contribution in [3.8, 4) is 0 Å². The van der Waals surface area contributed by atoms with Crippen molar-refractivity contribution >= 4 is 7.92 Å². The Hall–Kier alpha value is 0.0800. The highest BCUT2D eigenvalue weighted by Gasteiger charge is 2.61. The van der Waals surface area contributed by atoms with E-state index in [0.29, 0.717) is 0 Å². The van der Waals surface area contributed by atoms with Gasteiger partial charge in [0.1, 0.15) is 0 Å². The van der Waals surface area contributed by atoms with Crippen LogP contribution in [0.3, 0.4) is 0 Å². The lowest BCUT2D eigenvalue weighted by atomic mass is 10.5. The van der Waals surface area contributed by atoms with Crippen LogP contribution in [0.2, 0.25) is 0 Å². The van der Waals surface area contributed by atoms with Gasteiger partial charge in [0.15, 0.2) is 0 Å². The first kappa shape index (κ1) is 8.18. The lowest BCUT2D eigenvalue weighted by molar-refractivity contribution is -0.0591. The van der Waals surface area contributed by atoms with Crippen LogP contribution in [-0.4, -0.2) is 17.7 Å². The van der Waals surface area contributed by atoms with Gasteiger partial charge in [-0.1, -0.05) is 0 Å². The molecule has 0 aliphatic carbocycles. The summed E-state index contributed by atoms with van der Waals surface area (Å²) in [5, 5.41) is 0. The van der Waals surface area contributed by atoms with E-state index in [1.165, 1.54) is 0 Å². The molecule has 0 aromatic heterocycles. The molecule has 0 aromatic rings. The summed E-state index contributed by atoms with van der Waals surface area (Å²) >= 11 is 0. The minimum atomic E-state index is -4.66. The summed E-state index contributed by atoms with van der Waals surface area (Å²) < 4.78 is 58.7. The van der Waals surface area contributed by atoms with Crippen LogP contribution in [0.5, 0.6) is 0 Å². The number of halogens is 5. The molecule has 1 unspecified atom stereocenters. The average molecular weight is 178 g/mol. The Balaban J connectivity index is 2.60. The van der Waals surface area contributed by atoms with Gasteiger partial charge in [0, 0.05) is 6.42 Å². The minimum absolute atomic E-state index is 0.369. The summed E-state index contributed by atoms with van der Waals surface area (Å²) in [5.74, 6) is -4.66.